The third-order valence-corrected chi connectivity index (χ3v) is 3.79. The highest BCUT2D eigenvalue weighted by Crippen LogP contribution is 2.27. The topological polar surface area (TPSA) is 91.0 Å². The van der Waals surface area contributed by atoms with Gasteiger partial charge in [-0.1, -0.05) is 17.7 Å². The van der Waals surface area contributed by atoms with E-state index in [1.165, 1.54) is 0 Å². The number of methoxy groups -OCH3 is 2. The Morgan fingerprint density at radius 3 is 2.77 bits per heavy atom. The van der Waals surface area contributed by atoms with Crippen LogP contribution in [0.15, 0.2) is 41.5 Å². The zero-order valence-electron chi connectivity index (χ0n) is 14.9. The highest BCUT2D eigenvalue weighted by atomic mass is 35.5. The first-order chi connectivity index (χ1) is 12.6. The highest BCUT2D eigenvalue weighted by molar-refractivity contribution is 6.31. The van der Waals surface area contributed by atoms with Crippen LogP contribution in [0.25, 0.3) is 0 Å². The molecule has 0 saturated carbocycles. The van der Waals surface area contributed by atoms with Crippen molar-refractivity contribution in [3.8, 4) is 17.4 Å². The van der Waals surface area contributed by atoms with Gasteiger partial charge in [-0.15, -0.1) is 0 Å². The van der Waals surface area contributed by atoms with E-state index in [1.807, 2.05) is 18.2 Å². The number of hydrogen-bond acceptors (Lipinski definition) is 5. The Bertz CT molecular complexity index is 740. The molecule has 0 atom stereocenters. The summed E-state index contributed by atoms with van der Waals surface area (Å²) >= 11 is 5.96. The van der Waals surface area contributed by atoms with Crippen LogP contribution in [0.3, 0.4) is 0 Å². The van der Waals surface area contributed by atoms with Gasteiger partial charge >= 0.3 is 0 Å². The molecule has 0 aliphatic heterocycles. The van der Waals surface area contributed by atoms with E-state index in [0.717, 1.165) is 12.0 Å². The van der Waals surface area contributed by atoms with Crippen molar-refractivity contribution in [3.05, 3.63) is 47.1 Å². The zero-order valence-corrected chi connectivity index (χ0v) is 15.6. The molecule has 26 heavy (non-hydrogen) atoms. The van der Waals surface area contributed by atoms with Crippen LogP contribution < -0.4 is 25.3 Å². The normalized spacial score (nSPS) is 11.1. The summed E-state index contributed by atoms with van der Waals surface area (Å²) in [6.45, 7) is 1.43. The van der Waals surface area contributed by atoms with E-state index in [1.54, 1.807) is 32.5 Å². The largest absolute Gasteiger partial charge is 0.493 e. The molecule has 1 heterocycles. The predicted molar refractivity (Wildman–Crippen MR) is 102 cm³/mol. The van der Waals surface area contributed by atoms with Crippen LogP contribution in [0.1, 0.15) is 5.56 Å². The minimum Gasteiger partial charge on any atom is -0.493 e. The first kappa shape index (κ1) is 19.7. The summed E-state index contributed by atoms with van der Waals surface area (Å²) in [5, 5.41) is 3.46. The van der Waals surface area contributed by atoms with Gasteiger partial charge in [0.05, 0.1) is 20.8 Å². The SMILES string of the molecule is COc1ccc(CCN=C(N)NCCOc2ncccc2Cl)cc1OC. The molecule has 7 nitrogen and oxygen atoms in total. The lowest BCUT2D eigenvalue weighted by atomic mass is 10.1. The molecular formula is C18H23ClN4O3. The maximum absolute atomic E-state index is 5.96. The van der Waals surface area contributed by atoms with Crippen LogP contribution in [0.5, 0.6) is 17.4 Å². The lowest BCUT2D eigenvalue weighted by molar-refractivity contribution is 0.310. The van der Waals surface area contributed by atoms with Crippen LogP contribution in [-0.4, -0.2) is 44.9 Å². The quantitative estimate of drug-likeness (QED) is 0.395. The average Bonchev–Trinajstić information content (AvgIpc) is 2.66. The minimum absolute atomic E-state index is 0.362. The molecule has 2 aromatic rings. The number of aromatic nitrogens is 1. The number of halogens is 1. The molecule has 1 aromatic heterocycles. The van der Waals surface area contributed by atoms with E-state index in [4.69, 9.17) is 31.5 Å². The molecule has 2 rings (SSSR count). The molecule has 0 radical (unpaired) electrons. The summed E-state index contributed by atoms with van der Waals surface area (Å²) < 4.78 is 16.0. The van der Waals surface area contributed by atoms with Crippen LogP contribution in [0, 0.1) is 0 Å². The van der Waals surface area contributed by atoms with E-state index in [-0.39, 0.29) is 0 Å². The van der Waals surface area contributed by atoms with Gasteiger partial charge in [-0.25, -0.2) is 4.98 Å². The fourth-order valence-electron chi connectivity index (χ4n) is 2.20. The molecule has 0 aliphatic rings. The fraction of sp³-hybridized carbons (Fsp3) is 0.333. The van der Waals surface area contributed by atoms with Crippen molar-refractivity contribution < 1.29 is 14.2 Å². The lowest BCUT2D eigenvalue weighted by Crippen LogP contribution is -2.35. The highest BCUT2D eigenvalue weighted by Gasteiger charge is 2.04. The third-order valence-electron chi connectivity index (χ3n) is 3.50. The number of pyridine rings is 1. The molecule has 8 heteroatoms. The Hall–Kier alpha value is -2.67. The second-order valence-electron chi connectivity index (χ2n) is 5.27. The molecule has 1 aromatic carbocycles. The number of nitrogens with one attached hydrogen (secondary N) is 1. The molecule has 140 valence electrons. The second-order valence-corrected chi connectivity index (χ2v) is 5.68. The van der Waals surface area contributed by atoms with Crippen molar-refractivity contribution in [3.63, 3.8) is 0 Å². The Morgan fingerprint density at radius 2 is 2.04 bits per heavy atom. The number of aliphatic imine (C=N–C) groups is 1. The van der Waals surface area contributed by atoms with Crippen molar-refractivity contribution in [2.75, 3.05) is 33.9 Å². The number of hydrogen-bond donors (Lipinski definition) is 2. The Morgan fingerprint density at radius 1 is 1.23 bits per heavy atom. The average molecular weight is 379 g/mol. The standard InChI is InChI=1S/C18H23ClN4O3/c1-24-15-6-5-13(12-16(15)25-2)7-9-22-18(20)23-10-11-26-17-14(19)4-3-8-21-17/h3-6,8,12H,7,9-11H2,1-2H3,(H3,20,22,23). The van der Waals surface area contributed by atoms with Gasteiger partial charge in [-0.2, -0.15) is 0 Å². The molecule has 0 unspecified atom stereocenters. The number of benzene rings is 1. The van der Waals surface area contributed by atoms with E-state index >= 15 is 0 Å². The van der Waals surface area contributed by atoms with E-state index in [9.17, 15) is 0 Å². The van der Waals surface area contributed by atoms with Gasteiger partial charge in [0, 0.05) is 12.7 Å². The number of nitrogens with zero attached hydrogens (tertiary/aromatic N) is 2. The van der Waals surface area contributed by atoms with Gasteiger partial charge < -0.3 is 25.3 Å². The van der Waals surface area contributed by atoms with Gasteiger partial charge in [0.15, 0.2) is 17.5 Å². The summed E-state index contributed by atoms with van der Waals surface area (Å²) in [6, 6.07) is 9.25. The molecule has 0 aliphatic carbocycles. The Kier molecular flexibility index (Phi) is 7.82. The summed E-state index contributed by atoms with van der Waals surface area (Å²) in [5.74, 6) is 2.17. The maximum Gasteiger partial charge on any atom is 0.232 e. The van der Waals surface area contributed by atoms with Crippen LogP contribution >= 0.6 is 11.6 Å². The van der Waals surface area contributed by atoms with E-state index in [2.05, 4.69) is 15.3 Å². The Labute approximate surface area is 158 Å². The van der Waals surface area contributed by atoms with Crippen LogP contribution in [-0.2, 0) is 6.42 Å². The van der Waals surface area contributed by atoms with Crippen molar-refractivity contribution in [1.82, 2.24) is 10.3 Å². The summed E-state index contributed by atoms with van der Waals surface area (Å²) in [7, 11) is 3.22. The first-order valence-electron chi connectivity index (χ1n) is 8.12. The molecule has 3 N–H and O–H groups in total. The van der Waals surface area contributed by atoms with E-state index in [0.29, 0.717) is 48.1 Å². The zero-order chi connectivity index (χ0) is 18.8. The fourth-order valence-corrected chi connectivity index (χ4v) is 2.38. The van der Waals surface area contributed by atoms with Crippen LogP contribution in [0.2, 0.25) is 5.02 Å². The van der Waals surface area contributed by atoms with Crippen molar-refractivity contribution in [1.29, 1.82) is 0 Å². The molecule has 0 bridgehead atoms. The van der Waals surface area contributed by atoms with Gasteiger partial charge in [0.2, 0.25) is 5.88 Å². The van der Waals surface area contributed by atoms with Crippen LogP contribution in [0.4, 0.5) is 0 Å². The van der Waals surface area contributed by atoms with Gasteiger partial charge in [0.25, 0.3) is 0 Å². The molecule has 0 fully saturated rings. The van der Waals surface area contributed by atoms with Gasteiger partial charge in [-0.3, -0.25) is 4.99 Å². The first-order valence-corrected chi connectivity index (χ1v) is 8.50. The van der Waals surface area contributed by atoms with Crippen molar-refractivity contribution in [2.24, 2.45) is 10.7 Å². The predicted octanol–water partition coefficient (Wildman–Crippen LogP) is 2.28. The molecular weight excluding hydrogens is 356 g/mol. The summed E-state index contributed by atoms with van der Waals surface area (Å²) in [4.78, 5) is 8.34. The number of guanidine groups is 1. The number of rotatable bonds is 9. The van der Waals surface area contributed by atoms with Gasteiger partial charge in [-0.05, 0) is 36.2 Å². The monoisotopic (exact) mass is 378 g/mol. The summed E-state index contributed by atoms with van der Waals surface area (Å²) in [5.41, 5.74) is 6.94. The third kappa shape index (κ3) is 6.00. The maximum atomic E-state index is 5.96. The number of ether oxygens (including phenoxy) is 3. The van der Waals surface area contributed by atoms with Crippen molar-refractivity contribution >= 4 is 17.6 Å². The minimum atomic E-state index is 0.362. The van der Waals surface area contributed by atoms with Crippen molar-refractivity contribution in [2.45, 2.75) is 6.42 Å². The molecule has 0 amide bonds. The second kappa shape index (κ2) is 10.4. The van der Waals surface area contributed by atoms with Gasteiger partial charge in [0.1, 0.15) is 11.6 Å². The number of nitrogens with two attached hydrogens (primary N) is 1. The molecule has 0 saturated heterocycles. The smallest absolute Gasteiger partial charge is 0.232 e. The van der Waals surface area contributed by atoms with E-state index < -0.39 is 0 Å². The summed E-state index contributed by atoms with van der Waals surface area (Å²) in [6.07, 6.45) is 2.36. The lowest BCUT2D eigenvalue weighted by Gasteiger charge is -2.09. The molecule has 0 spiro atoms. The Balaban J connectivity index is 1.72.